The van der Waals surface area contributed by atoms with Crippen molar-refractivity contribution in [1.82, 2.24) is 0 Å². The summed E-state index contributed by atoms with van der Waals surface area (Å²) in [6, 6.07) is 3.18. The molecular formula is C24H32O6. The van der Waals surface area contributed by atoms with Gasteiger partial charge in [0.15, 0.2) is 0 Å². The van der Waals surface area contributed by atoms with E-state index in [0.29, 0.717) is 44.9 Å². The monoisotopic (exact) mass is 416 g/mol. The summed E-state index contributed by atoms with van der Waals surface area (Å²) in [7, 11) is 0. The highest BCUT2D eigenvalue weighted by atomic mass is 16.4. The molecule has 164 valence electrons. The summed E-state index contributed by atoms with van der Waals surface area (Å²) in [5.41, 5.74) is -2.01. The van der Waals surface area contributed by atoms with Crippen LogP contribution in [0.25, 0.3) is 0 Å². The van der Waals surface area contributed by atoms with E-state index in [1.165, 1.54) is 12.3 Å². The summed E-state index contributed by atoms with van der Waals surface area (Å²) in [4.78, 5) is 11.4. The molecule has 4 aliphatic carbocycles. The molecule has 0 aliphatic heterocycles. The Morgan fingerprint density at radius 2 is 1.77 bits per heavy atom. The lowest BCUT2D eigenvalue weighted by molar-refractivity contribution is -0.182. The van der Waals surface area contributed by atoms with Crippen LogP contribution >= 0.6 is 0 Å². The van der Waals surface area contributed by atoms with Crippen LogP contribution in [0.1, 0.15) is 76.7 Å². The van der Waals surface area contributed by atoms with Crippen LogP contribution in [0.3, 0.4) is 0 Å². The van der Waals surface area contributed by atoms with Crippen molar-refractivity contribution in [1.29, 1.82) is 0 Å². The standard InChI is InChI=1S/C24H32O6/c1-21-8-5-15(25)11-23(21,28)9-6-17-20(21)18(26)12-22(2)16(7-10-24(17,22)29)14-3-4-19(27)30-13-14/h3-4,13,15-17,25-26,28-29H,5-12H2,1-2H3/t15-,16+,17+,21+,22+,23-,24-/m0/s1. The predicted octanol–water partition coefficient (Wildman–Crippen LogP) is 3.16. The fraction of sp³-hybridized carbons (Fsp3) is 0.708. The highest BCUT2D eigenvalue weighted by Gasteiger charge is 2.69. The zero-order valence-corrected chi connectivity index (χ0v) is 17.7. The van der Waals surface area contributed by atoms with Crippen molar-refractivity contribution in [2.24, 2.45) is 16.7 Å². The number of fused-ring (bicyclic) bond motifs is 5. The van der Waals surface area contributed by atoms with E-state index in [0.717, 1.165) is 17.6 Å². The molecular weight excluding hydrogens is 384 g/mol. The SMILES string of the molecule is C[C@]12CC[C@H](O)C[C@@]1(O)CC[C@@H]1C2=C(O)C[C@]2(C)[C@@H](c3ccc(=O)oc3)CC[C@]12O. The molecule has 7 atom stereocenters. The second-order valence-electron chi connectivity index (χ2n) is 10.7. The maximum absolute atomic E-state index is 12.1. The normalized spacial score (nSPS) is 48.1. The average molecular weight is 417 g/mol. The van der Waals surface area contributed by atoms with E-state index in [4.69, 9.17) is 4.42 Å². The Morgan fingerprint density at radius 3 is 2.47 bits per heavy atom. The lowest BCUT2D eigenvalue weighted by Crippen LogP contribution is -2.64. The Morgan fingerprint density at radius 1 is 1.03 bits per heavy atom. The van der Waals surface area contributed by atoms with E-state index < -0.39 is 33.8 Å². The summed E-state index contributed by atoms with van der Waals surface area (Å²) >= 11 is 0. The van der Waals surface area contributed by atoms with Crippen LogP contribution < -0.4 is 5.63 Å². The first-order chi connectivity index (χ1) is 14.0. The molecule has 0 aromatic carbocycles. The van der Waals surface area contributed by atoms with Crippen molar-refractivity contribution < 1.29 is 24.8 Å². The van der Waals surface area contributed by atoms with E-state index in [9.17, 15) is 25.2 Å². The lowest BCUT2D eigenvalue weighted by atomic mass is 9.45. The van der Waals surface area contributed by atoms with E-state index in [1.807, 2.05) is 13.8 Å². The van der Waals surface area contributed by atoms with Crippen molar-refractivity contribution in [2.75, 3.05) is 0 Å². The zero-order chi connectivity index (χ0) is 21.5. The molecule has 0 radical (unpaired) electrons. The second kappa shape index (κ2) is 6.21. The van der Waals surface area contributed by atoms with E-state index in [1.54, 1.807) is 6.07 Å². The highest BCUT2D eigenvalue weighted by molar-refractivity contribution is 5.40. The fourth-order valence-corrected chi connectivity index (χ4v) is 7.74. The average Bonchev–Trinajstić information content (AvgIpc) is 2.94. The molecule has 1 aromatic rings. The molecule has 0 spiro atoms. The highest BCUT2D eigenvalue weighted by Crippen LogP contribution is 2.70. The second-order valence-corrected chi connectivity index (χ2v) is 10.7. The number of allylic oxidation sites excluding steroid dienone is 1. The molecule has 3 fully saturated rings. The van der Waals surface area contributed by atoms with Crippen LogP contribution in [0.5, 0.6) is 0 Å². The molecule has 5 rings (SSSR count). The van der Waals surface area contributed by atoms with Gasteiger partial charge in [-0.3, -0.25) is 0 Å². The third-order valence-corrected chi connectivity index (χ3v) is 9.49. The molecule has 0 saturated heterocycles. The summed E-state index contributed by atoms with van der Waals surface area (Å²) in [5.74, 6) is 0.0308. The minimum absolute atomic E-state index is 0.0302. The summed E-state index contributed by atoms with van der Waals surface area (Å²) in [6.07, 6.45) is 5.23. The molecule has 1 heterocycles. The molecule has 0 bridgehead atoms. The van der Waals surface area contributed by atoms with Crippen molar-refractivity contribution >= 4 is 0 Å². The van der Waals surface area contributed by atoms with E-state index in [-0.39, 0.29) is 17.6 Å². The van der Waals surface area contributed by atoms with Crippen LogP contribution in [-0.4, -0.2) is 37.7 Å². The van der Waals surface area contributed by atoms with Crippen LogP contribution in [-0.2, 0) is 0 Å². The van der Waals surface area contributed by atoms with Gasteiger partial charge >= 0.3 is 5.63 Å². The van der Waals surface area contributed by atoms with Crippen molar-refractivity contribution in [3.8, 4) is 0 Å². The van der Waals surface area contributed by atoms with Crippen molar-refractivity contribution in [3.05, 3.63) is 45.7 Å². The maximum Gasteiger partial charge on any atom is 0.335 e. The molecule has 6 heteroatoms. The van der Waals surface area contributed by atoms with Crippen LogP contribution in [0.15, 0.2) is 38.9 Å². The largest absolute Gasteiger partial charge is 0.512 e. The Balaban J connectivity index is 1.61. The van der Waals surface area contributed by atoms with Gasteiger partial charge in [0.05, 0.1) is 29.3 Å². The Hall–Kier alpha value is -1.63. The number of aliphatic hydroxyl groups excluding tert-OH is 2. The van der Waals surface area contributed by atoms with Gasteiger partial charge < -0.3 is 24.8 Å². The minimum Gasteiger partial charge on any atom is -0.512 e. The first-order valence-corrected chi connectivity index (χ1v) is 11.2. The topological polar surface area (TPSA) is 111 Å². The Labute approximate surface area is 176 Å². The van der Waals surface area contributed by atoms with E-state index >= 15 is 0 Å². The van der Waals surface area contributed by atoms with Gasteiger partial charge in [0.2, 0.25) is 0 Å². The molecule has 4 aliphatic rings. The summed E-state index contributed by atoms with van der Waals surface area (Å²) < 4.78 is 5.10. The fourth-order valence-electron chi connectivity index (χ4n) is 7.74. The van der Waals surface area contributed by atoms with Crippen molar-refractivity contribution in [3.63, 3.8) is 0 Å². The van der Waals surface area contributed by atoms with Gasteiger partial charge in [-0.15, -0.1) is 0 Å². The van der Waals surface area contributed by atoms with E-state index in [2.05, 4.69) is 0 Å². The van der Waals surface area contributed by atoms with Gasteiger partial charge in [0, 0.05) is 35.7 Å². The maximum atomic E-state index is 12.1. The number of hydrogen-bond acceptors (Lipinski definition) is 6. The van der Waals surface area contributed by atoms with Crippen LogP contribution in [0, 0.1) is 16.7 Å². The third kappa shape index (κ3) is 2.38. The van der Waals surface area contributed by atoms with Gasteiger partial charge in [-0.25, -0.2) is 4.79 Å². The molecule has 3 saturated carbocycles. The smallest absolute Gasteiger partial charge is 0.335 e. The predicted molar refractivity (Wildman–Crippen MR) is 110 cm³/mol. The molecule has 4 N–H and O–H groups in total. The summed E-state index contributed by atoms with van der Waals surface area (Å²) in [5, 5.41) is 45.2. The quantitative estimate of drug-likeness (QED) is 0.560. The van der Waals surface area contributed by atoms with Gasteiger partial charge in [-0.2, -0.15) is 0 Å². The Kier molecular flexibility index (Phi) is 4.20. The lowest BCUT2D eigenvalue weighted by Gasteiger charge is -2.62. The van der Waals surface area contributed by atoms with Crippen LogP contribution in [0.4, 0.5) is 0 Å². The van der Waals surface area contributed by atoms with Gasteiger partial charge in [-0.05, 0) is 61.6 Å². The number of aliphatic hydroxyl groups is 4. The molecule has 0 amide bonds. The first-order valence-electron chi connectivity index (χ1n) is 11.2. The molecule has 1 aromatic heterocycles. The third-order valence-electron chi connectivity index (χ3n) is 9.49. The zero-order valence-electron chi connectivity index (χ0n) is 17.7. The molecule has 30 heavy (non-hydrogen) atoms. The Bertz CT molecular complexity index is 946. The summed E-state index contributed by atoms with van der Waals surface area (Å²) in [6.45, 7) is 4.04. The molecule has 6 nitrogen and oxygen atoms in total. The number of rotatable bonds is 1. The van der Waals surface area contributed by atoms with Gasteiger partial charge in [0.1, 0.15) is 0 Å². The van der Waals surface area contributed by atoms with Crippen molar-refractivity contribution in [2.45, 2.75) is 88.4 Å². The minimum atomic E-state index is -1.06. The van der Waals surface area contributed by atoms with Gasteiger partial charge in [0.25, 0.3) is 0 Å². The first kappa shape index (κ1) is 20.3. The van der Waals surface area contributed by atoms with Gasteiger partial charge in [-0.1, -0.05) is 13.8 Å². The van der Waals surface area contributed by atoms with Crippen LogP contribution in [0.2, 0.25) is 0 Å². The molecule has 0 unspecified atom stereocenters. The number of hydrogen-bond donors (Lipinski definition) is 4.